The van der Waals surface area contributed by atoms with E-state index in [0.29, 0.717) is 159 Å². The molecule has 0 radical (unpaired) electrons. The zero-order valence-electron chi connectivity index (χ0n) is 54.9. The van der Waals surface area contributed by atoms with Crippen molar-refractivity contribution < 1.29 is 116 Å². The van der Waals surface area contributed by atoms with Crippen LogP contribution < -0.4 is 9.80 Å². The molecular weight excluding hydrogens is 1270 g/mol. The minimum Gasteiger partial charge on any atom is -0.382 e. The van der Waals surface area contributed by atoms with E-state index >= 15 is 0 Å². The lowest BCUT2D eigenvalue weighted by molar-refractivity contribution is -0.198. The Labute approximate surface area is 552 Å². The molecule has 2 N–H and O–H groups in total. The number of methoxy groups -OCH3 is 3. The second-order valence-corrected chi connectivity index (χ2v) is 24.7. The second kappa shape index (κ2) is 43.9. The lowest BCUT2D eigenvalue weighted by Crippen LogP contribution is -2.36. The van der Waals surface area contributed by atoms with Crippen LogP contribution in [0.2, 0.25) is 0 Å². The van der Waals surface area contributed by atoms with Crippen molar-refractivity contribution in [2.75, 3.05) is 223 Å². The Morgan fingerprint density at radius 1 is 0.479 bits per heavy atom. The average Bonchev–Trinajstić information content (AvgIpc) is 1.40. The van der Waals surface area contributed by atoms with Gasteiger partial charge in [0.1, 0.15) is 0 Å². The summed E-state index contributed by atoms with van der Waals surface area (Å²) in [4.78, 5) is 43.9. The van der Waals surface area contributed by atoms with E-state index in [1.165, 1.54) is 24.3 Å². The molecule has 28 nitrogen and oxygen atoms in total. The van der Waals surface area contributed by atoms with E-state index in [1.807, 2.05) is 60.2 Å². The molecule has 0 saturated carbocycles. The molecule has 530 valence electrons. The van der Waals surface area contributed by atoms with Crippen LogP contribution in [-0.2, 0) is 121 Å². The number of amides is 2. The summed E-state index contributed by atoms with van der Waals surface area (Å²) in [5.41, 5.74) is 2.46. The van der Waals surface area contributed by atoms with Gasteiger partial charge >= 0.3 is 5.97 Å². The predicted octanol–water partition coefficient (Wildman–Crippen LogP) is 4.83. The van der Waals surface area contributed by atoms with Crippen molar-refractivity contribution in [1.82, 2.24) is 5.06 Å². The van der Waals surface area contributed by atoms with Crippen molar-refractivity contribution in [2.24, 2.45) is 0 Å². The fourth-order valence-electron chi connectivity index (χ4n) is 10.1. The van der Waals surface area contributed by atoms with Crippen LogP contribution in [0.3, 0.4) is 0 Å². The zero-order chi connectivity index (χ0) is 67.9. The van der Waals surface area contributed by atoms with Crippen molar-refractivity contribution in [3.63, 3.8) is 0 Å². The van der Waals surface area contributed by atoms with Gasteiger partial charge in [-0.2, -0.15) is 16.8 Å². The maximum absolute atomic E-state index is 12.8. The van der Waals surface area contributed by atoms with Crippen LogP contribution in [0, 0.1) is 0 Å². The van der Waals surface area contributed by atoms with Gasteiger partial charge in [0.25, 0.3) is 32.1 Å². The zero-order valence-corrected chi connectivity index (χ0v) is 56.5. The van der Waals surface area contributed by atoms with Crippen molar-refractivity contribution in [3.05, 3.63) is 95.4 Å². The molecule has 2 aromatic rings. The average molecular weight is 1370 g/mol. The SMILES string of the molecule is COCCOCCOCCOCCN1C=C(/C=C/C=C/C=C2/N(CCOCCOCCOCCC(=O)ON3C(=O)CCC3=O)c3ccc(S(=O)(=O)O)cc3C2(C)CCOCCOCCOCCOC)C(C)(CCOCCOCCOCCOC)c2cc(S(=O)(=O)O)ccc21. The van der Waals surface area contributed by atoms with Crippen LogP contribution in [-0.4, -0.2) is 262 Å². The van der Waals surface area contributed by atoms with Gasteiger partial charge in [-0.1, -0.05) is 31.2 Å². The number of carbonyl (C=O) groups is 3. The Morgan fingerprint density at radius 2 is 0.862 bits per heavy atom. The van der Waals surface area contributed by atoms with E-state index in [2.05, 4.69) is 0 Å². The molecule has 3 aliphatic rings. The van der Waals surface area contributed by atoms with Gasteiger partial charge in [0.15, 0.2) is 0 Å². The third-order valence-corrected chi connectivity index (χ3v) is 16.9. The van der Waals surface area contributed by atoms with Crippen LogP contribution in [0.4, 0.5) is 11.4 Å². The number of carbonyl (C=O) groups excluding carboxylic acids is 3. The lowest BCUT2D eigenvalue weighted by atomic mass is 9.71. The quantitative estimate of drug-likeness (QED) is 0.0388. The van der Waals surface area contributed by atoms with E-state index in [-0.39, 0.29) is 102 Å². The first kappa shape index (κ1) is 79.5. The number of benzene rings is 2. The first-order valence-corrected chi connectivity index (χ1v) is 34.3. The van der Waals surface area contributed by atoms with Crippen LogP contribution in [0.15, 0.2) is 94.0 Å². The minimum atomic E-state index is -4.62. The van der Waals surface area contributed by atoms with Crippen molar-refractivity contribution in [2.45, 2.75) is 66.6 Å². The van der Waals surface area contributed by atoms with Crippen LogP contribution in [0.5, 0.6) is 0 Å². The molecule has 0 aromatic heterocycles. The standard InChI is InChI=1S/C64H97N3O25S2/c1-63(18-23-81-34-39-89-46-43-85-30-27-77-3)52(51-65(57-13-11-53(49-55(57)63)93(71,72)73)20-25-83-36-41-91-48-45-87-32-29-79-5)9-7-6-8-10-59-64(2,19-24-82-35-40-90-47-44-86-31-28-78-4)56-50-54(94(74,75)76)12-14-58(56)66(59)21-26-84-37-42-88-38-33-80-22-17-62(70)92-67-60(68)15-16-61(67)69/h6-14,49-51H,15-48H2,1-5H3,(H,71,72,73)(H,74,75,76)/b8-6+,9-7+,59-10+. The van der Waals surface area contributed by atoms with E-state index < -0.39 is 48.8 Å². The first-order chi connectivity index (χ1) is 45.4. The molecule has 3 heterocycles. The molecule has 5 rings (SSSR count). The van der Waals surface area contributed by atoms with Gasteiger partial charge in [0, 0.05) is 94.6 Å². The van der Waals surface area contributed by atoms with Crippen LogP contribution in [0.1, 0.15) is 57.1 Å². The number of hydrogen-bond donors (Lipinski definition) is 2. The van der Waals surface area contributed by atoms with Crippen LogP contribution in [0.25, 0.3) is 0 Å². The van der Waals surface area contributed by atoms with Gasteiger partial charge in [0.05, 0.1) is 181 Å². The summed E-state index contributed by atoms with van der Waals surface area (Å²) in [6.07, 6.45) is 12.0. The summed E-state index contributed by atoms with van der Waals surface area (Å²) >= 11 is 0. The third kappa shape index (κ3) is 27.4. The number of anilines is 2. The Morgan fingerprint density at radius 3 is 1.31 bits per heavy atom. The number of hydroxylamine groups is 2. The number of allylic oxidation sites excluding steroid dienone is 7. The van der Waals surface area contributed by atoms with E-state index in [0.717, 1.165) is 11.3 Å². The third-order valence-electron chi connectivity index (χ3n) is 15.2. The summed E-state index contributed by atoms with van der Waals surface area (Å²) in [5, 5.41) is 0.489. The smallest absolute Gasteiger partial charge is 0.335 e. The summed E-state index contributed by atoms with van der Waals surface area (Å²) in [5.74, 6) is -1.90. The molecule has 2 amide bonds. The highest BCUT2D eigenvalue weighted by Crippen LogP contribution is 2.51. The van der Waals surface area contributed by atoms with Gasteiger partial charge in [0.2, 0.25) is 0 Å². The monoisotopic (exact) mass is 1370 g/mol. The highest BCUT2D eigenvalue weighted by molar-refractivity contribution is 7.86. The lowest BCUT2D eigenvalue weighted by Gasteiger charge is -2.41. The topological polar surface area (TPSA) is 317 Å². The minimum absolute atomic E-state index is 0.00452. The van der Waals surface area contributed by atoms with E-state index in [4.69, 9.17) is 75.9 Å². The number of imide groups is 1. The van der Waals surface area contributed by atoms with Crippen molar-refractivity contribution in [3.8, 4) is 0 Å². The summed E-state index contributed by atoms with van der Waals surface area (Å²) < 4.78 is 156. The van der Waals surface area contributed by atoms with Crippen LogP contribution >= 0.6 is 0 Å². The number of hydrogen-bond acceptors (Lipinski definition) is 25. The van der Waals surface area contributed by atoms with Gasteiger partial charge in [-0.05, 0) is 78.9 Å². The molecule has 1 saturated heterocycles. The molecule has 0 spiro atoms. The molecule has 0 bridgehead atoms. The van der Waals surface area contributed by atoms with Crippen molar-refractivity contribution in [1.29, 1.82) is 0 Å². The fourth-order valence-corrected chi connectivity index (χ4v) is 11.1. The maximum Gasteiger partial charge on any atom is 0.335 e. The van der Waals surface area contributed by atoms with Gasteiger partial charge < -0.3 is 85.7 Å². The molecular formula is C64H97N3O25S2. The normalized spacial score (nSPS) is 18.0. The summed E-state index contributed by atoms with van der Waals surface area (Å²) in [6, 6.07) is 9.04. The second-order valence-electron chi connectivity index (χ2n) is 21.8. The summed E-state index contributed by atoms with van der Waals surface area (Å²) in [7, 11) is -4.44. The Kier molecular flexibility index (Phi) is 37.1. The van der Waals surface area contributed by atoms with Gasteiger partial charge in [-0.25, -0.2) is 4.79 Å². The molecule has 1 fully saturated rings. The summed E-state index contributed by atoms with van der Waals surface area (Å²) in [6.45, 7) is 13.4. The molecule has 0 aliphatic carbocycles. The highest BCUT2D eigenvalue weighted by Gasteiger charge is 2.44. The highest BCUT2D eigenvalue weighted by atomic mass is 32.2. The van der Waals surface area contributed by atoms with Gasteiger partial charge in [-0.3, -0.25) is 18.7 Å². The number of nitrogens with zero attached hydrogens (tertiary/aromatic N) is 3. The number of fused-ring (bicyclic) bond motifs is 2. The molecule has 30 heteroatoms. The van der Waals surface area contributed by atoms with Gasteiger partial charge in [-0.15, -0.1) is 5.06 Å². The maximum atomic E-state index is 12.8. The first-order valence-electron chi connectivity index (χ1n) is 31.4. The molecule has 2 aromatic carbocycles. The Hall–Kier alpha value is -5.17. The Balaban J connectivity index is 1.37. The van der Waals surface area contributed by atoms with E-state index in [1.54, 1.807) is 33.5 Å². The largest absolute Gasteiger partial charge is 0.382 e. The van der Waals surface area contributed by atoms with E-state index in [9.17, 15) is 40.3 Å². The molecule has 3 aliphatic heterocycles. The number of rotatable bonds is 54. The molecule has 94 heavy (non-hydrogen) atoms. The fraction of sp³-hybridized carbons (Fsp3) is 0.641. The number of ether oxygens (including phenoxy) is 15. The molecule has 2 atom stereocenters. The predicted molar refractivity (Wildman–Crippen MR) is 343 cm³/mol. The Bertz CT molecular complexity index is 2930. The molecule has 2 unspecified atom stereocenters. The van der Waals surface area contributed by atoms with Crippen molar-refractivity contribution >= 4 is 49.4 Å².